The third kappa shape index (κ3) is 4.09. The number of rotatable bonds is 8. The summed E-state index contributed by atoms with van der Waals surface area (Å²) in [6.07, 6.45) is 11.1. The summed E-state index contributed by atoms with van der Waals surface area (Å²) in [5, 5.41) is 5.79. The number of nitrogens with one attached hydrogen (secondary N) is 2. The third-order valence-electron chi connectivity index (χ3n) is 7.57. The first-order chi connectivity index (χ1) is 14.6. The third-order valence-corrected chi connectivity index (χ3v) is 7.57. The fraction of sp³-hybridized carbons (Fsp3) is 0.625. The van der Waals surface area contributed by atoms with Crippen LogP contribution in [-0.4, -0.2) is 34.5 Å². The predicted octanol–water partition coefficient (Wildman–Crippen LogP) is 3.27. The van der Waals surface area contributed by atoms with Crippen molar-refractivity contribution in [3.63, 3.8) is 0 Å². The molecule has 2 aromatic rings. The van der Waals surface area contributed by atoms with Crippen molar-refractivity contribution < 1.29 is 9.59 Å². The molecule has 1 aromatic heterocycles. The summed E-state index contributed by atoms with van der Waals surface area (Å²) in [7, 11) is 0. The summed E-state index contributed by atoms with van der Waals surface area (Å²) in [6, 6.07) is 8.05. The van der Waals surface area contributed by atoms with Gasteiger partial charge in [0.2, 0.25) is 11.8 Å². The number of carbonyl (C=O) groups is 2. The smallest absolute Gasteiger partial charge is 0.239 e. The van der Waals surface area contributed by atoms with Gasteiger partial charge in [0.05, 0.1) is 23.9 Å². The molecule has 0 radical (unpaired) electrons. The highest BCUT2D eigenvalue weighted by Crippen LogP contribution is 2.61. The molecule has 2 amide bonds. The van der Waals surface area contributed by atoms with Crippen LogP contribution in [-0.2, 0) is 16.1 Å². The Balaban J connectivity index is 1.02. The van der Waals surface area contributed by atoms with E-state index in [4.69, 9.17) is 0 Å². The van der Waals surface area contributed by atoms with Gasteiger partial charge in [-0.25, -0.2) is 4.98 Å². The molecular formula is C24H32N4O2. The van der Waals surface area contributed by atoms with Crippen LogP contribution in [0.3, 0.4) is 0 Å². The molecule has 4 aliphatic carbocycles. The SMILES string of the molecule is O=C(CNC(=O)CC12CC3CC(CC(C3)C1)C2)NCCCn1cnc2ccccc21. The van der Waals surface area contributed by atoms with E-state index in [-0.39, 0.29) is 23.8 Å². The zero-order chi connectivity index (χ0) is 20.6. The highest BCUT2D eigenvalue weighted by atomic mass is 16.2. The molecule has 30 heavy (non-hydrogen) atoms. The number of amides is 2. The van der Waals surface area contributed by atoms with Crippen LogP contribution in [0.2, 0.25) is 0 Å². The molecule has 1 aromatic carbocycles. The summed E-state index contributed by atoms with van der Waals surface area (Å²) >= 11 is 0. The Bertz CT molecular complexity index is 899. The molecule has 4 bridgehead atoms. The molecule has 160 valence electrons. The van der Waals surface area contributed by atoms with Gasteiger partial charge in [0.15, 0.2) is 0 Å². The van der Waals surface area contributed by atoms with E-state index in [0.717, 1.165) is 41.8 Å². The second kappa shape index (κ2) is 8.05. The monoisotopic (exact) mass is 408 g/mol. The van der Waals surface area contributed by atoms with Crippen LogP contribution in [0.25, 0.3) is 11.0 Å². The van der Waals surface area contributed by atoms with E-state index in [0.29, 0.717) is 13.0 Å². The Kier molecular flexibility index (Phi) is 5.25. The van der Waals surface area contributed by atoms with Gasteiger partial charge in [0.25, 0.3) is 0 Å². The van der Waals surface area contributed by atoms with Crippen LogP contribution in [0.5, 0.6) is 0 Å². The van der Waals surface area contributed by atoms with Crippen molar-refractivity contribution >= 4 is 22.8 Å². The molecule has 4 fully saturated rings. The van der Waals surface area contributed by atoms with Gasteiger partial charge in [-0.05, 0) is 80.2 Å². The lowest BCUT2D eigenvalue weighted by Crippen LogP contribution is -2.48. The lowest BCUT2D eigenvalue weighted by atomic mass is 9.49. The number of nitrogens with zero attached hydrogens (tertiary/aromatic N) is 2. The van der Waals surface area contributed by atoms with Crippen molar-refractivity contribution in [3.8, 4) is 0 Å². The van der Waals surface area contributed by atoms with Crippen LogP contribution >= 0.6 is 0 Å². The molecule has 2 N–H and O–H groups in total. The average Bonchev–Trinajstić information content (AvgIpc) is 3.11. The fourth-order valence-electron chi connectivity index (χ4n) is 6.82. The second-order valence-corrected chi connectivity index (χ2v) is 10.0. The van der Waals surface area contributed by atoms with E-state index in [2.05, 4.69) is 26.3 Å². The molecule has 6 heteroatoms. The Morgan fingerprint density at radius 1 is 1.00 bits per heavy atom. The Hall–Kier alpha value is -2.37. The summed E-state index contributed by atoms with van der Waals surface area (Å²) in [6.45, 7) is 1.48. The van der Waals surface area contributed by atoms with Crippen LogP contribution in [0, 0.1) is 23.2 Å². The normalized spacial score (nSPS) is 29.3. The van der Waals surface area contributed by atoms with Crippen molar-refractivity contribution in [2.24, 2.45) is 23.2 Å². The summed E-state index contributed by atoms with van der Waals surface area (Å²) in [5.41, 5.74) is 2.33. The van der Waals surface area contributed by atoms with E-state index in [1.54, 1.807) is 0 Å². The number of imidazole rings is 1. The van der Waals surface area contributed by atoms with Crippen molar-refractivity contribution in [2.75, 3.05) is 13.1 Å². The van der Waals surface area contributed by atoms with E-state index in [1.165, 1.54) is 38.5 Å². The van der Waals surface area contributed by atoms with Gasteiger partial charge in [-0.3, -0.25) is 9.59 Å². The van der Waals surface area contributed by atoms with Crippen LogP contribution < -0.4 is 10.6 Å². The maximum Gasteiger partial charge on any atom is 0.239 e. The largest absolute Gasteiger partial charge is 0.355 e. The quantitative estimate of drug-likeness (QED) is 0.658. The summed E-state index contributed by atoms with van der Waals surface area (Å²) < 4.78 is 2.11. The minimum Gasteiger partial charge on any atom is -0.355 e. The van der Waals surface area contributed by atoms with Crippen molar-refractivity contribution in [3.05, 3.63) is 30.6 Å². The highest BCUT2D eigenvalue weighted by Gasteiger charge is 2.51. The summed E-state index contributed by atoms with van der Waals surface area (Å²) in [5.74, 6) is 2.49. The zero-order valence-corrected chi connectivity index (χ0v) is 17.6. The van der Waals surface area contributed by atoms with Crippen LogP contribution in [0.1, 0.15) is 51.4 Å². The average molecular weight is 409 g/mol. The molecule has 0 aliphatic heterocycles. The second-order valence-electron chi connectivity index (χ2n) is 10.0. The topological polar surface area (TPSA) is 76.0 Å². The first kappa shape index (κ1) is 19.6. The predicted molar refractivity (Wildman–Crippen MR) is 116 cm³/mol. The van der Waals surface area contributed by atoms with Crippen molar-refractivity contribution in [2.45, 2.75) is 57.9 Å². The maximum absolute atomic E-state index is 12.5. The molecule has 6 rings (SSSR count). The molecular weight excluding hydrogens is 376 g/mol. The van der Waals surface area contributed by atoms with Crippen molar-refractivity contribution in [1.82, 2.24) is 20.2 Å². The fourth-order valence-corrected chi connectivity index (χ4v) is 6.82. The molecule has 6 nitrogen and oxygen atoms in total. The number of aryl methyl sites for hydroxylation is 1. The van der Waals surface area contributed by atoms with Gasteiger partial charge >= 0.3 is 0 Å². The Labute approximate surface area is 177 Å². The minimum atomic E-state index is -0.107. The van der Waals surface area contributed by atoms with Crippen LogP contribution in [0.4, 0.5) is 0 Å². The van der Waals surface area contributed by atoms with E-state index in [9.17, 15) is 9.59 Å². The minimum absolute atomic E-state index is 0.0528. The number of carbonyl (C=O) groups excluding carboxylic acids is 2. The Morgan fingerprint density at radius 2 is 1.70 bits per heavy atom. The number of aromatic nitrogens is 2. The van der Waals surface area contributed by atoms with Crippen molar-refractivity contribution in [1.29, 1.82) is 0 Å². The first-order valence-electron chi connectivity index (χ1n) is 11.5. The molecule has 4 saturated carbocycles. The maximum atomic E-state index is 12.5. The Morgan fingerprint density at radius 3 is 2.43 bits per heavy atom. The van der Waals surface area contributed by atoms with E-state index >= 15 is 0 Å². The first-order valence-corrected chi connectivity index (χ1v) is 11.5. The number of hydrogen-bond acceptors (Lipinski definition) is 3. The highest BCUT2D eigenvalue weighted by molar-refractivity contribution is 5.85. The van der Waals surface area contributed by atoms with Gasteiger partial charge in [-0.15, -0.1) is 0 Å². The van der Waals surface area contributed by atoms with Gasteiger partial charge < -0.3 is 15.2 Å². The van der Waals surface area contributed by atoms with Gasteiger partial charge in [-0.1, -0.05) is 12.1 Å². The molecule has 0 atom stereocenters. The van der Waals surface area contributed by atoms with Gasteiger partial charge in [0.1, 0.15) is 0 Å². The number of hydrogen-bond donors (Lipinski definition) is 2. The number of para-hydroxylation sites is 2. The lowest BCUT2D eigenvalue weighted by molar-refractivity contribution is -0.131. The number of benzene rings is 1. The zero-order valence-electron chi connectivity index (χ0n) is 17.6. The lowest BCUT2D eigenvalue weighted by Gasteiger charge is -2.56. The molecule has 0 unspecified atom stereocenters. The molecule has 0 spiro atoms. The molecule has 0 saturated heterocycles. The standard InChI is InChI=1S/C24H32N4O2/c29-22(14-24-11-17-8-18(12-24)10-19(9-17)13-24)26-15-23(30)25-6-3-7-28-16-27-20-4-1-2-5-21(20)28/h1-2,4-5,16-19H,3,6-15H2,(H,25,30)(H,26,29). The summed E-state index contributed by atoms with van der Waals surface area (Å²) in [4.78, 5) is 29.1. The van der Waals surface area contributed by atoms with Crippen LogP contribution in [0.15, 0.2) is 30.6 Å². The number of fused-ring (bicyclic) bond motifs is 1. The van der Waals surface area contributed by atoms with Gasteiger partial charge in [-0.2, -0.15) is 0 Å². The van der Waals surface area contributed by atoms with Gasteiger partial charge in [0, 0.05) is 19.5 Å². The van der Waals surface area contributed by atoms with E-state index < -0.39 is 0 Å². The van der Waals surface area contributed by atoms with E-state index in [1.807, 2.05) is 24.5 Å². The molecule has 1 heterocycles. The molecule has 4 aliphatic rings.